The Hall–Kier alpha value is -1.93. The highest BCUT2D eigenvalue weighted by Crippen LogP contribution is 2.26. The smallest absolute Gasteiger partial charge is 0.326 e. The molecule has 1 amide bonds. The molecule has 0 aromatic heterocycles. The zero-order valence-corrected chi connectivity index (χ0v) is 16.8. The number of carboxylic acid groups (broad SMARTS) is 1. The molecule has 0 unspecified atom stereocenters. The summed E-state index contributed by atoms with van der Waals surface area (Å²) in [4.78, 5) is 23.6. The molecule has 1 aliphatic carbocycles. The van der Waals surface area contributed by atoms with Crippen LogP contribution in [0.15, 0.2) is 29.2 Å². The summed E-state index contributed by atoms with van der Waals surface area (Å²) >= 11 is 0. The lowest BCUT2D eigenvalue weighted by Crippen LogP contribution is -2.44. The third-order valence-electron chi connectivity index (χ3n) is 5.10. The van der Waals surface area contributed by atoms with Crippen LogP contribution >= 0.6 is 0 Å². The molecule has 2 N–H and O–H groups in total. The van der Waals surface area contributed by atoms with Crippen molar-refractivity contribution in [3.05, 3.63) is 29.8 Å². The summed E-state index contributed by atoms with van der Waals surface area (Å²) in [5, 5.41) is 11.6. The summed E-state index contributed by atoms with van der Waals surface area (Å²) in [5.74, 6) is -1.91. The second kappa shape index (κ2) is 8.84. The standard InChI is InChI=1S/C19H28N2O5S/c1-13(2)17(19(23)24)20-18(22)14-9-11-16(12-10-14)27(25,26)21(3)15-7-5-4-6-8-15/h9-13,15,17H,4-8H2,1-3H3,(H,20,22)(H,23,24)/t17-/m1/s1. The molecule has 0 bridgehead atoms. The summed E-state index contributed by atoms with van der Waals surface area (Å²) < 4.78 is 27.1. The number of hydrogen-bond acceptors (Lipinski definition) is 4. The van der Waals surface area contributed by atoms with Crippen LogP contribution in [-0.2, 0) is 14.8 Å². The minimum absolute atomic E-state index is 0.00842. The van der Waals surface area contributed by atoms with Crippen molar-refractivity contribution in [2.24, 2.45) is 5.92 Å². The summed E-state index contributed by atoms with van der Waals surface area (Å²) in [6.07, 6.45) is 4.93. The molecule has 7 nitrogen and oxygen atoms in total. The van der Waals surface area contributed by atoms with Gasteiger partial charge in [-0.25, -0.2) is 13.2 Å². The summed E-state index contributed by atoms with van der Waals surface area (Å²) in [6.45, 7) is 3.41. The van der Waals surface area contributed by atoms with Crippen molar-refractivity contribution >= 4 is 21.9 Å². The van der Waals surface area contributed by atoms with Crippen molar-refractivity contribution in [2.75, 3.05) is 7.05 Å². The maximum Gasteiger partial charge on any atom is 0.326 e. The number of aliphatic carboxylic acids is 1. The van der Waals surface area contributed by atoms with E-state index in [1.54, 1.807) is 20.9 Å². The third-order valence-corrected chi connectivity index (χ3v) is 7.03. The van der Waals surface area contributed by atoms with Gasteiger partial charge in [0.1, 0.15) is 6.04 Å². The molecule has 0 saturated heterocycles. The minimum Gasteiger partial charge on any atom is -0.480 e. The number of carboxylic acids is 1. The van der Waals surface area contributed by atoms with E-state index in [4.69, 9.17) is 0 Å². The lowest BCUT2D eigenvalue weighted by molar-refractivity contribution is -0.140. The average molecular weight is 397 g/mol. The molecule has 2 rings (SSSR count). The molecule has 1 saturated carbocycles. The second-order valence-corrected chi connectivity index (χ2v) is 9.37. The highest BCUT2D eigenvalue weighted by molar-refractivity contribution is 7.89. The maximum atomic E-state index is 12.8. The fourth-order valence-electron chi connectivity index (χ4n) is 3.32. The van der Waals surface area contributed by atoms with E-state index in [1.165, 1.54) is 28.6 Å². The van der Waals surface area contributed by atoms with Gasteiger partial charge in [-0.2, -0.15) is 4.31 Å². The molecule has 1 fully saturated rings. The number of carbonyl (C=O) groups is 2. The molecule has 1 aromatic rings. The zero-order chi connectivity index (χ0) is 20.2. The fourth-order valence-corrected chi connectivity index (χ4v) is 4.74. The van der Waals surface area contributed by atoms with Gasteiger partial charge in [0.2, 0.25) is 10.0 Å². The molecular weight excluding hydrogens is 368 g/mol. The van der Waals surface area contributed by atoms with Gasteiger partial charge in [0.05, 0.1) is 4.90 Å². The number of sulfonamides is 1. The van der Waals surface area contributed by atoms with Crippen LogP contribution in [0.1, 0.15) is 56.3 Å². The third kappa shape index (κ3) is 5.07. The predicted molar refractivity (Wildman–Crippen MR) is 102 cm³/mol. The van der Waals surface area contributed by atoms with E-state index in [-0.39, 0.29) is 22.4 Å². The Balaban J connectivity index is 2.13. The molecule has 0 aliphatic heterocycles. The van der Waals surface area contributed by atoms with E-state index < -0.39 is 27.9 Å². The lowest BCUT2D eigenvalue weighted by Gasteiger charge is -2.30. The van der Waals surface area contributed by atoms with Crippen molar-refractivity contribution < 1.29 is 23.1 Å². The van der Waals surface area contributed by atoms with Gasteiger partial charge in [0, 0.05) is 18.7 Å². The molecule has 150 valence electrons. The van der Waals surface area contributed by atoms with Crippen LogP contribution in [-0.4, -0.2) is 48.8 Å². The van der Waals surface area contributed by atoms with Crippen molar-refractivity contribution in [1.82, 2.24) is 9.62 Å². The first-order valence-electron chi connectivity index (χ1n) is 9.26. The Morgan fingerprint density at radius 1 is 1.11 bits per heavy atom. The Bertz CT molecular complexity index is 768. The Morgan fingerprint density at radius 3 is 2.15 bits per heavy atom. The number of benzene rings is 1. The number of hydrogen-bond donors (Lipinski definition) is 2. The van der Waals surface area contributed by atoms with Crippen LogP contribution in [0.5, 0.6) is 0 Å². The van der Waals surface area contributed by atoms with Crippen molar-refractivity contribution in [1.29, 1.82) is 0 Å². The number of nitrogens with zero attached hydrogens (tertiary/aromatic N) is 1. The van der Waals surface area contributed by atoms with Crippen molar-refractivity contribution in [2.45, 2.75) is 62.9 Å². The van der Waals surface area contributed by atoms with Gasteiger partial charge in [0.15, 0.2) is 0 Å². The van der Waals surface area contributed by atoms with Gasteiger partial charge >= 0.3 is 5.97 Å². The van der Waals surface area contributed by atoms with Crippen LogP contribution in [0.25, 0.3) is 0 Å². The highest BCUT2D eigenvalue weighted by atomic mass is 32.2. The number of nitrogens with one attached hydrogen (secondary N) is 1. The van der Waals surface area contributed by atoms with E-state index in [2.05, 4.69) is 5.32 Å². The lowest BCUT2D eigenvalue weighted by atomic mass is 9.96. The molecule has 27 heavy (non-hydrogen) atoms. The van der Waals surface area contributed by atoms with Crippen LogP contribution in [0, 0.1) is 5.92 Å². The zero-order valence-electron chi connectivity index (χ0n) is 16.0. The summed E-state index contributed by atoms with van der Waals surface area (Å²) in [6, 6.07) is 4.63. The number of carbonyl (C=O) groups excluding carboxylic acids is 1. The quantitative estimate of drug-likeness (QED) is 0.737. The first-order valence-corrected chi connectivity index (χ1v) is 10.7. The fraction of sp³-hybridized carbons (Fsp3) is 0.579. The molecule has 0 radical (unpaired) electrons. The largest absolute Gasteiger partial charge is 0.480 e. The van der Waals surface area contributed by atoms with Crippen molar-refractivity contribution in [3.8, 4) is 0 Å². The summed E-state index contributed by atoms with van der Waals surface area (Å²) in [7, 11) is -2.02. The van der Waals surface area contributed by atoms with E-state index in [0.29, 0.717) is 0 Å². The van der Waals surface area contributed by atoms with Crippen LogP contribution in [0.4, 0.5) is 0 Å². The van der Waals surface area contributed by atoms with Crippen LogP contribution < -0.4 is 5.32 Å². The molecule has 0 heterocycles. The average Bonchev–Trinajstić information content (AvgIpc) is 2.65. The van der Waals surface area contributed by atoms with Gasteiger partial charge < -0.3 is 10.4 Å². The molecular formula is C19H28N2O5S. The molecule has 1 atom stereocenters. The Morgan fingerprint density at radius 2 is 1.67 bits per heavy atom. The Labute approximate surface area is 160 Å². The monoisotopic (exact) mass is 396 g/mol. The maximum absolute atomic E-state index is 12.8. The van der Waals surface area contributed by atoms with Crippen molar-refractivity contribution in [3.63, 3.8) is 0 Å². The van der Waals surface area contributed by atoms with Gasteiger partial charge in [-0.1, -0.05) is 33.1 Å². The number of amides is 1. The van der Waals surface area contributed by atoms with E-state index in [0.717, 1.165) is 32.1 Å². The predicted octanol–water partition coefficient (Wildman–Crippen LogP) is 2.48. The first kappa shape index (κ1) is 21.4. The molecule has 1 aromatic carbocycles. The van der Waals surface area contributed by atoms with Gasteiger partial charge in [-0.05, 0) is 43.0 Å². The van der Waals surface area contributed by atoms with Gasteiger partial charge in [-0.15, -0.1) is 0 Å². The minimum atomic E-state index is -3.62. The molecule has 0 spiro atoms. The SMILES string of the molecule is CC(C)[C@@H](NC(=O)c1ccc(S(=O)(=O)N(C)C2CCCCC2)cc1)C(=O)O. The van der Waals surface area contributed by atoms with Crippen LogP contribution in [0.3, 0.4) is 0 Å². The van der Waals surface area contributed by atoms with E-state index in [1.807, 2.05) is 0 Å². The highest BCUT2D eigenvalue weighted by Gasteiger charge is 2.29. The van der Waals surface area contributed by atoms with Gasteiger partial charge in [0.25, 0.3) is 5.91 Å². The summed E-state index contributed by atoms with van der Waals surface area (Å²) in [5.41, 5.74) is 0.223. The topological polar surface area (TPSA) is 104 Å². The Kier molecular flexibility index (Phi) is 7.00. The molecule has 8 heteroatoms. The molecule has 1 aliphatic rings. The van der Waals surface area contributed by atoms with E-state index >= 15 is 0 Å². The second-order valence-electron chi connectivity index (χ2n) is 7.37. The van der Waals surface area contributed by atoms with E-state index in [9.17, 15) is 23.1 Å². The van der Waals surface area contributed by atoms with Gasteiger partial charge in [-0.3, -0.25) is 4.79 Å². The normalized spacial score (nSPS) is 17.1. The number of rotatable bonds is 7. The van der Waals surface area contributed by atoms with Crippen LogP contribution in [0.2, 0.25) is 0 Å². The first-order chi connectivity index (χ1) is 12.6.